The first-order chi connectivity index (χ1) is 9.19. The maximum atomic E-state index is 5.66. The SMILES string of the molecule is CCOc1ccccc1-c1nnc(NC)c(C)c1C. The zero-order chi connectivity index (χ0) is 13.8. The molecule has 2 aromatic rings. The van der Waals surface area contributed by atoms with Crippen molar-refractivity contribution in [2.24, 2.45) is 0 Å². The van der Waals surface area contributed by atoms with E-state index < -0.39 is 0 Å². The van der Waals surface area contributed by atoms with Crippen LogP contribution in [0.5, 0.6) is 5.75 Å². The lowest BCUT2D eigenvalue weighted by Gasteiger charge is -2.13. The molecule has 0 saturated heterocycles. The molecule has 0 aliphatic carbocycles. The number of aromatic nitrogens is 2. The zero-order valence-corrected chi connectivity index (χ0v) is 11.8. The van der Waals surface area contributed by atoms with E-state index in [0.717, 1.165) is 34.0 Å². The Kier molecular flexibility index (Phi) is 4.00. The Labute approximate surface area is 113 Å². The summed E-state index contributed by atoms with van der Waals surface area (Å²) in [7, 11) is 1.85. The second kappa shape index (κ2) is 5.69. The Bertz CT molecular complexity index is 582. The number of anilines is 1. The summed E-state index contributed by atoms with van der Waals surface area (Å²) in [6.45, 7) is 6.72. The average molecular weight is 257 g/mol. The van der Waals surface area contributed by atoms with Crippen LogP contribution in [0.1, 0.15) is 18.1 Å². The molecular weight excluding hydrogens is 238 g/mol. The molecule has 1 aromatic carbocycles. The van der Waals surface area contributed by atoms with Crippen molar-refractivity contribution < 1.29 is 4.74 Å². The third-order valence-corrected chi connectivity index (χ3v) is 3.20. The van der Waals surface area contributed by atoms with Crippen LogP contribution in [0.4, 0.5) is 5.82 Å². The van der Waals surface area contributed by atoms with Crippen LogP contribution >= 0.6 is 0 Å². The van der Waals surface area contributed by atoms with Gasteiger partial charge in [0.2, 0.25) is 0 Å². The number of hydrogen-bond donors (Lipinski definition) is 1. The summed E-state index contributed by atoms with van der Waals surface area (Å²) >= 11 is 0. The van der Waals surface area contributed by atoms with Gasteiger partial charge in [-0.2, -0.15) is 0 Å². The first-order valence-electron chi connectivity index (χ1n) is 6.42. The highest BCUT2D eigenvalue weighted by molar-refractivity contribution is 5.71. The van der Waals surface area contributed by atoms with Crippen molar-refractivity contribution in [3.63, 3.8) is 0 Å². The molecule has 2 rings (SSSR count). The number of benzene rings is 1. The molecule has 1 aromatic heterocycles. The molecular formula is C15H19N3O. The average Bonchev–Trinajstić information content (AvgIpc) is 2.43. The summed E-state index contributed by atoms with van der Waals surface area (Å²) in [6, 6.07) is 7.92. The summed E-state index contributed by atoms with van der Waals surface area (Å²) in [4.78, 5) is 0. The minimum atomic E-state index is 0.636. The summed E-state index contributed by atoms with van der Waals surface area (Å²) < 4.78 is 5.66. The van der Waals surface area contributed by atoms with Crippen molar-refractivity contribution in [1.29, 1.82) is 0 Å². The van der Waals surface area contributed by atoms with Gasteiger partial charge in [-0.15, -0.1) is 10.2 Å². The molecule has 4 nitrogen and oxygen atoms in total. The molecule has 0 unspecified atom stereocenters. The molecule has 1 heterocycles. The number of nitrogens with zero attached hydrogens (tertiary/aromatic N) is 2. The molecule has 0 bridgehead atoms. The van der Waals surface area contributed by atoms with Gasteiger partial charge in [-0.3, -0.25) is 0 Å². The van der Waals surface area contributed by atoms with Gasteiger partial charge >= 0.3 is 0 Å². The quantitative estimate of drug-likeness (QED) is 0.913. The number of para-hydroxylation sites is 1. The van der Waals surface area contributed by atoms with E-state index >= 15 is 0 Å². The fourth-order valence-corrected chi connectivity index (χ4v) is 2.04. The Morgan fingerprint density at radius 3 is 2.53 bits per heavy atom. The van der Waals surface area contributed by atoms with Gasteiger partial charge in [-0.1, -0.05) is 12.1 Å². The van der Waals surface area contributed by atoms with Crippen molar-refractivity contribution in [3.8, 4) is 17.0 Å². The van der Waals surface area contributed by atoms with Crippen LogP contribution in [0, 0.1) is 13.8 Å². The molecule has 100 valence electrons. The van der Waals surface area contributed by atoms with Crippen LogP contribution in [-0.2, 0) is 0 Å². The van der Waals surface area contributed by atoms with Gasteiger partial charge in [-0.05, 0) is 44.0 Å². The number of rotatable bonds is 4. The van der Waals surface area contributed by atoms with Gasteiger partial charge in [0.15, 0.2) is 5.82 Å². The lowest BCUT2D eigenvalue weighted by Crippen LogP contribution is -2.03. The normalized spacial score (nSPS) is 10.3. The fraction of sp³-hybridized carbons (Fsp3) is 0.333. The largest absolute Gasteiger partial charge is 0.493 e. The molecule has 0 saturated carbocycles. The fourth-order valence-electron chi connectivity index (χ4n) is 2.04. The third-order valence-electron chi connectivity index (χ3n) is 3.20. The third kappa shape index (κ3) is 2.52. The first kappa shape index (κ1) is 13.3. The highest BCUT2D eigenvalue weighted by atomic mass is 16.5. The van der Waals surface area contributed by atoms with Crippen LogP contribution in [0.25, 0.3) is 11.3 Å². The molecule has 0 radical (unpaired) electrons. The molecule has 4 heteroatoms. The van der Waals surface area contributed by atoms with Crippen molar-refractivity contribution in [3.05, 3.63) is 35.4 Å². The summed E-state index contributed by atoms with van der Waals surface area (Å²) in [6.07, 6.45) is 0. The summed E-state index contributed by atoms with van der Waals surface area (Å²) in [5.74, 6) is 1.66. The maximum Gasteiger partial charge on any atom is 0.151 e. The van der Waals surface area contributed by atoms with Gasteiger partial charge < -0.3 is 10.1 Å². The standard InChI is InChI=1S/C15H19N3O/c1-5-19-13-9-7-6-8-12(13)14-10(2)11(3)15(16-4)18-17-14/h6-9H,5H2,1-4H3,(H,16,18). The van der Waals surface area contributed by atoms with Gasteiger partial charge in [0.25, 0.3) is 0 Å². The lowest BCUT2D eigenvalue weighted by molar-refractivity contribution is 0.341. The molecule has 19 heavy (non-hydrogen) atoms. The topological polar surface area (TPSA) is 47.0 Å². The first-order valence-corrected chi connectivity index (χ1v) is 6.42. The predicted octanol–water partition coefficient (Wildman–Crippen LogP) is 3.20. The Morgan fingerprint density at radius 2 is 1.84 bits per heavy atom. The van der Waals surface area contributed by atoms with E-state index in [1.54, 1.807) is 0 Å². The Balaban J connectivity index is 2.56. The number of ether oxygens (including phenoxy) is 1. The van der Waals surface area contributed by atoms with Crippen LogP contribution in [-0.4, -0.2) is 23.9 Å². The van der Waals surface area contributed by atoms with E-state index in [9.17, 15) is 0 Å². The zero-order valence-electron chi connectivity index (χ0n) is 11.8. The van der Waals surface area contributed by atoms with Gasteiger partial charge in [-0.25, -0.2) is 0 Å². The lowest BCUT2D eigenvalue weighted by atomic mass is 10.0. The van der Waals surface area contributed by atoms with Crippen LogP contribution < -0.4 is 10.1 Å². The van der Waals surface area contributed by atoms with Crippen LogP contribution in [0.2, 0.25) is 0 Å². The molecule has 1 N–H and O–H groups in total. The van der Waals surface area contributed by atoms with Crippen molar-refractivity contribution in [1.82, 2.24) is 10.2 Å². The number of hydrogen-bond acceptors (Lipinski definition) is 4. The summed E-state index contributed by atoms with van der Waals surface area (Å²) in [5, 5.41) is 11.6. The van der Waals surface area contributed by atoms with E-state index in [2.05, 4.69) is 22.4 Å². The molecule has 0 aliphatic rings. The van der Waals surface area contributed by atoms with Gasteiger partial charge in [0, 0.05) is 12.6 Å². The molecule has 0 fully saturated rings. The minimum Gasteiger partial charge on any atom is -0.493 e. The predicted molar refractivity (Wildman–Crippen MR) is 77.7 cm³/mol. The van der Waals surface area contributed by atoms with Gasteiger partial charge in [0.1, 0.15) is 5.75 Å². The molecule has 0 spiro atoms. The number of nitrogens with one attached hydrogen (secondary N) is 1. The van der Waals surface area contributed by atoms with E-state index in [-0.39, 0.29) is 0 Å². The van der Waals surface area contributed by atoms with E-state index in [4.69, 9.17) is 4.74 Å². The summed E-state index contributed by atoms with van der Waals surface area (Å²) in [5.41, 5.74) is 4.09. The van der Waals surface area contributed by atoms with Crippen LogP contribution in [0.3, 0.4) is 0 Å². The van der Waals surface area contributed by atoms with Crippen LogP contribution in [0.15, 0.2) is 24.3 Å². The van der Waals surface area contributed by atoms with Gasteiger partial charge in [0.05, 0.1) is 12.3 Å². The molecule has 0 atom stereocenters. The second-order valence-electron chi connectivity index (χ2n) is 4.33. The van der Waals surface area contributed by atoms with Crippen molar-refractivity contribution >= 4 is 5.82 Å². The second-order valence-corrected chi connectivity index (χ2v) is 4.33. The molecule has 0 amide bonds. The highest BCUT2D eigenvalue weighted by Crippen LogP contribution is 2.32. The Morgan fingerprint density at radius 1 is 1.11 bits per heavy atom. The van der Waals surface area contributed by atoms with Crippen molar-refractivity contribution in [2.45, 2.75) is 20.8 Å². The smallest absolute Gasteiger partial charge is 0.151 e. The van der Waals surface area contributed by atoms with E-state index in [1.807, 2.05) is 45.2 Å². The monoisotopic (exact) mass is 257 g/mol. The Hall–Kier alpha value is -2.10. The van der Waals surface area contributed by atoms with Crippen molar-refractivity contribution in [2.75, 3.05) is 19.0 Å². The van der Waals surface area contributed by atoms with E-state index in [1.165, 1.54) is 0 Å². The maximum absolute atomic E-state index is 5.66. The highest BCUT2D eigenvalue weighted by Gasteiger charge is 2.14. The van der Waals surface area contributed by atoms with E-state index in [0.29, 0.717) is 6.61 Å². The molecule has 0 aliphatic heterocycles. The minimum absolute atomic E-state index is 0.636.